The monoisotopic (exact) mass is 340 g/mol. The van der Waals surface area contributed by atoms with Crippen molar-refractivity contribution in [1.82, 2.24) is 5.32 Å². The standard InChI is InChI=1S/C14H16N2O6S/c17-6-8-9(18)14(10(19)11(20)22-8)12(21)16(13(23)15-14)7-4-2-1-3-5-7/h1-5,8-11,17-20H,6H2,(H,15,23)/t8-,9-,10+,11?,14-/m1/s1. The number of para-hydroxylation sites is 1. The summed E-state index contributed by atoms with van der Waals surface area (Å²) < 4.78 is 4.92. The van der Waals surface area contributed by atoms with E-state index in [2.05, 4.69) is 5.32 Å². The molecule has 2 aliphatic heterocycles. The zero-order valence-corrected chi connectivity index (χ0v) is 12.7. The van der Waals surface area contributed by atoms with Crippen LogP contribution in [-0.4, -0.2) is 68.2 Å². The zero-order valence-electron chi connectivity index (χ0n) is 11.9. The minimum Gasteiger partial charge on any atom is -0.394 e. The molecule has 0 aromatic heterocycles. The molecule has 5 N–H and O–H groups in total. The Balaban J connectivity index is 2.05. The first-order chi connectivity index (χ1) is 10.9. The summed E-state index contributed by atoms with van der Waals surface area (Å²) in [6.45, 7) is -0.639. The highest BCUT2D eigenvalue weighted by molar-refractivity contribution is 7.80. The van der Waals surface area contributed by atoms with E-state index in [0.717, 1.165) is 4.90 Å². The van der Waals surface area contributed by atoms with Crippen LogP contribution in [0.1, 0.15) is 0 Å². The van der Waals surface area contributed by atoms with E-state index >= 15 is 0 Å². The third kappa shape index (κ3) is 2.24. The zero-order chi connectivity index (χ0) is 16.8. The van der Waals surface area contributed by atoms with Crippen molar-refractivity contribution in [2.24, 2.45) is 0 Å². The van der Waals surface area contributed by atoms with Gasteiger partial charge in [0.1, 0.15) is 18.3 Å². The molecular weight excluding hydrogens is 324 g/mol. The normalized spacial score (nSPS) is 37.3. The molecule has 3 rings (SSSR count). The molecule has 2 aliphatic rings. The average molecular weight is 340 g/mol. The number of anilines is 1. The summed E-state index contributed by atoms with van der Waals surface area (Å²) >= 11 is 5.16. The van der Waals surface area contributed by atoms with Crippen LogP contribution in [0.2, 0.25) is 0 Å². The Morgan fingerprint density at radius 1 is 1.22 bits per heavy atom. The number of benzene rings is 1. The van der Waals surface area contributed by atoms with E-state index in [1.165, 1.54) is 0 Å². The number of aliphatic hydroxyl groups is 4. The Kier molecular flexibility index (Phi) is 4.08. The molecule has 124 valence electrons. The Bertz CT molecular complexity index is 629. The van der Waals surface area contributed by atoms with Crippen LogP contribution in [0.3, 0.4) is 0 Å². The lowest BCUT2D eigenvalue weighted by molar-refractivity contribution is -0.276. The summed E-state index contributed by atoms with van der Waals surface area (Å²) in [4.78, 5) is 14.1. The van der Waals surface area contributed by atoms with Crippen molar-refractivity contribution >= 4 is 28.9 Å². The number of amides is 1. The van der Waals surface area contributed by atoms with Gasteiger partial charge in [-0.1, -0.05) is 18.2 Å². The summed E-state index contributed by atoms with van der Waals surface area (Å²) in [5.41, 5.74) is -1.54. The van der Waals surface area contributed by atoms with Crippen LogP contribution >= 0.6 is 12.2 Å². The van der Waals surface area contributed by atoms with Crippen LogP contribution < -0.4 is 10.2 Å². The van der Waals surface area contributed by atoms with E-state index in [1.54, 1.807) is 30.3 Å². The Hall–Kier alpha value is -1.62. The van der Waals surface area contributed by atoms with Gasteiger partial charge in [-0.15, -0.1) is 0 Å². The fraction of sp³-hybridized carbons (Fsp3) is 0.429. The predicted molar refractivity (Wildman–Crippen MR) is 82.4 cm³/mol. The van der Waals surface area contributed by atoms with Crippen molar-refractivity contribution < 1.29 is 30.0 Å². The van der Waals surface area contributed by atoms with Crippen LogP contribution in [0.25, 0.3) is 0 Å². The second-order valence-corrected chi connectivity index (χ2v) is 5.80. The number of nitrogens with one attached hydrogen (secondary N) is 1. The van der Waals surface area contributed by atoms with E-state index in [1.807, 2.05) is 0 Å². The average Bonchev–Trinajstić information content (AvgIpc) is 2.82. The third-order valence-electron chi connectivity index (χ3n) is 4.14. The van der Waals surface area contributed by atoms with Gasteiger partial charge in [0.05, 0.1) is 12.3 Å². The lowest BCUT2D eigenvalue weighted by Gasteiger charge is -2.45. The second kappa shape index (κ2) is 5.78. The lowest BCUT2D eigenvalue weighted by atomic mass is 9.80. The lowest BCUT2D eigenvalue weighted by Crippen LogP contribution is -2.74. The van der Waals surface area contributed by atoms with E-state index < -0.39 is 42.7 Å². The molecule has 8 nitrogen and oxygen atoms in total. The summed E-state index contributed by atoms with van der Waals surface area (Å²) in [6, 6.07) is 8.46. The van der Waals surface area contributed by atoms with E-state index in [0.29, 0.717) is 5.69 Å². The van der Waals surface area contributed by atoms with Gasteiger partial charge in [0.2, 0.25) is 0 Å². The molecular formula is C14H16N2O6S. The fourth-order valence-corrected chi connectivity index (χ4v) is 3.30. The van der Waals surface area contributed by atoms with Crippen molar-refractivity contribution in [3.05, 3.63) is 30.3 Å². The number of ether oxygens (including phenoxy) is 1. The minimum absolute atomic E-state index is 0.0231. The fourth-order valence-electron chi connectivity index (χ4n) is 2.94. The highest BCUT2D eigenvalue weighted by atomic mass is 32.1. The van der Waals surface area contributed by atoms with Gasteiger partial charge < -0.3 is 30.5 Å². The first-order valence-corrected chi connectivity index (χ1v) is 7.36. The van der Waals surface area contributed by atoms with Crippen molar-refractivity contribution in [3.8, 4) is 0 Å². The molecule has 1 amide bonds. The van der Waals surface area contributed by atoms with Crippen LogP contribution in [0.5, 0.6) is 0 Å². The maximum Gasteiger partial charge on any atom is 0.264 e. The maximum absolute atomic E-state index is 12.9. The highest BCUT2D eigenvalue weighted by Gasteiger charge is 2.65. The van der Waals surface area contributed by atoms with Gasteiger partial charge in [0.25, 0.3) is 5.91 Å². The van der Waals surface area contributed by atoms with E-state index in [4.69, 9.17) is 17.0 Å². The van der Waals surface area contributed by atoms with Crippen molar-refractivity contribution in [2.45, 2.75) is 30.1 Å². The van der Waals surface area contributed by atoms with Crippen molar-refractivity contribution in [1.29, 1.82) is 0 Å². The topological polar surface area (TPSA) is 122 Å². The maximum atomic E-state index is 12.9. The molecule has 1 aromatic rings. The van der Waals surface area contributed by atoms with E-state index in [9.17, 15) is 25.2 Å². The SMILES string of the molecule is O=C1N(c2ccccc2)C(=S)N[C@@]12[C@H](O)[C@@H](CO)OC(O)[C@@H]2O. The van der Waals surface area contributed by atoms with Gasteiger partial charge in [-0.2, -0.15) is 0 Å². The smallest absolute Gasteiger partial charge is 0.264 e. The van der Waals surface area contributed by atoms with Crippen LogP contribution in [0, 0.1) is 0 Å². The van der Waals surface area contributed by atoms with Crippen LogP contribution in [0.15, 0.2) is 30.3 Å². The van der Waals surface area contributed by atoms with Crippen LogP contribution in [-0.2, 0) is 9.53 Å². The number of carbonyl (C=O) groups is 1. The van der Waals surface area contributed by atoms with Crippen LogP contribution in [0.4, 0.5) is 5.69 Å². The second-order valence-electron chi connectivity index (χ2n) is 5.41. The Morgan fingerprint density at radius 3 is 2.48 bits per heavy atom. The van der Waals surface area contributed by atoms with Gasteiger partial charge in [-0.25, -0.2) is 0 Å². The molecule has 2 fully saturated rings. The molecule has 2 heterocycles. The summed E-state index contributed by atoms with van der Waals surface area (Å²) in [5.74, 6) is -0.727. The largest absolute Gasteiger partial charge is 0.394 e. The Morgan fingerprint density at radius 2 is 1.87 bits per heavy atom. The summed E-state index contributed by atoms with van der Waals surface area (Å²) in [7, 11) is 0. The van der Waals surface area contributed by atoms with Crippen molar-refractivity contribution in [2.75, 3.05) is 11.5 Å². The number of hydrogen-bond donors (Lipinski definition) is 5. The quantitative estimate of drug-likeness (QED) is 0.395. The van der Waals surface area contributed by atoms with Gasteiger partial charge in [0.15, 0.2) is 16.9 Å². The molecule has 1 aromatic carbocycles. The number of aliphatic hydroxyl groups excluding tert-OH is 4. The summed E-state index contributed by atoms with van der Waals surface area (Å²) in [6.07, 6.45) is -6.38. The molecule has 0 radical (unpaired) electrons. The predicted octanol–water partition coefficient (Wildman–Crippen LogP) is -1.92. The molecule has 0 saturated carbocycles. The molecule has 1 spiro atoms. The molecule has 0 bridgehead atoms. The van der Waals surface area contributed by atoms with Gasteiger partial charge >= 0.3 is 0 Å². The summed E-state index contributed by atoms with van der Waals surface area (Å²) in [5, 5.41) is 42.4. The molecule has 5 atom stereocenters. The molecule has 0 aliphatic carbocycles. The minimum atomic E-state index is -1.99. The molecule has 9 heteroatoms. The van der Waals surface area contributed by atoms with E-state index in [-0.39, 0.29) is 5.11 Å². The number of nitrogens with zero attached hydrogens (tertiary/aromatic N) is 1. The number of hydrogen-bond acceptors (Lipinski definition) is 7. The third-order valence-corrected chi connectivity index (χ3v) is 4.42. The number of carbonyl (C=O) groups excluding carboxylic acids is 1. The van der Waals surface area contributed by atoms with Crippen molar-refractivity contribution in [3.63, 3.8) is 0 Å². The highest BCUT2D eigenvalue weighted by Crippen LogP contribution is 2.36. The number of thiocarbonyl (C=S) groups is 1. The molecule has 2 saturated heterocycles. The van der Waals surface area contributed by atoms with Gasteiger partial charge in [-0.3, -0.25) is 9.69 Å². The first-order valence-electron chi connectivity index (χ1n) is 6.95. The molecule has 1 unspecified atom stereocenters. The number of rotatable bonds is 2. The Labute approximate surface area is 136 Å². The van der Waals surface area contributed by atoms with Gasteiger partial charge in [-0.05, 0) is 24.4 Å². The first kappa shape index (κ1) is 16.2. The van der Waals surface area contributed by atoms with Gasteiger partial charge in [0, 0.05) is 0 Å². The molecule has 23 heavy (non-hydrogen) atoms.